The molecule has 0 unspecified atom stereocenters. The van der Waals surface area contributed by atoms with Gasteiger partial charge in [0.1, 0.15) is 0 Å². The van der Waals surface area contributed by atoms with Gasteiger partial charge in [-0.05, 0) is 37.1 Å². The van der Waals surface area contributed by atoms with Crippen LogP contribution in [0.4, 0.5) is 11.5 Å². The molecule has 0 amide bonds. The van der Waals surface area contributed by atoms with Crippen LogP contribution < -0.4 is 14.4 Å². The zero-order valence-electron chi connectivity index (χ0n) is 15.8. The van der Waals surface area contributed by atoms with Gasteiger partial charge in [-0.15, -0.1) is 0 Å². The molecular weight excluding hydrogens is 358 g/mol. The third kappa shape index (κ3) is 4.23. The summed E-state index contributed by atoms with van der Waals surface area (Å²) in [5.74, 6) is 7.89. The van der Waals surface area contributed by atoms with Gasteiger partial charge in [-0.1, -0.05) is 23.5 Å². The molecule has 28 heavy (non-hydrogen) atoms. The summed E-state index contributed by atoms with van der Waals surface area (Å²) >= 11 is 0. The molecule has 0 spiro atoms. The first kappa shape index (κ1) is 19.2. The summed E-state index contributed by atoms with van der Waals surface area (Å²) in [5, 5.41) is 11.2. The number of hydrogen-bond donors (Lipinski definition) is 0. The summed E-state index contributed by atoms with van der Waals surface area (Å²) in [6.07, 6.45) is 5.08. The molecule has 7 nitrogen and oxygen atoms in total. The summed E-state index contributed by atoms with van der Waals surface area (Å²) in [5.41, 5.74) is 2.02. The summed E-state index contributed by atoms with van der Waals surface area (Å²) in [4.78, 5) is 17.0. The monoisotopic (exact) mass is 379 g/mol. The SMILES string of the molecule is COc1cccc(C#CC=C2CCN(c3ncccc3[N+](=O)[O-])CC2)c1OC. The number of rotatable bonds is 4. The average Bonchev–Trinajstić information content (AvgIpc) is 2.74. The van der Waals surface area contributed by atoms with Gasteiger partial charge >= 0.3 is 5.69 Å². The molecule has 0 saturated carbocycles. The lowest BCUT2D eigenvalue weighted by Crippen LogP contribution is -2.31. The van der Waals surface area contributed by atoms with E-state index >= 15 is 0 Å². The molecule has 2 aromatic rings. The minimum Gasteiger partial charge on any atom is -0.493 e. The van der Waals surface area contributed by atoms with E-state index in [4.69, 9.17) is 9.47 Å². The number of aromatic nitrogens is 1. The maximum absolute atomic E-state index is 11.2. The van der Waals surface area contributed by atoms with E-state index in [-0.39, 0.29) is 10.6 Å². The molecule has 0 N–H and O–H groups in total. The molecule has 1 aromatic heterocycles. The number of benzene rings is 1. The van der Waals surface area contributed by atoms with Gasteiger partial charge in [0.25, 0.3) is 0 Å². The van der Waals surface area contributed by atoms with Crippen LogP contribution in [0.15, 0.2) is 48.2 Å². The Morgan fingerprint density at radius 2 is 1.96 bits per heavy atom. The molecule has 0 aliphatic carbocycles. The molecule has 2 heterocycles. The zero-order chi connectivity index (χ0) is 19.9. The van der Waals surface area contributed by atoms with Crippen LogP contribution in [0, 0.1) is 22.0 Å². The normalized spacial score (nSPS) is 13.4. The Morgan fingerprint density at radius 1 is 1.18 bits per heavy atom. The highest BCUT2D eigenvalue weighted by Gasteiger charge is 2.23. The van der Waals surface area contributed by atoms with E-state index < -0.39 is 0 Å². The summed E-state index contributed by atoms with van der Waals surface area (Å²) in [7, 11) is 3.19. The Labute approximate surface area is 163 Å². The number of allylic oxidation sites excluding steroid dienone is 1. The van der Waals surface area contributed by atoms with E-state index in [1.807, 2.05) is 29.2 Å². The van der Waals surface area contributed by atoms with Crippen molar-refractivity contribution in [1.29, 1.82) is 0 Å². The quantitative estimate of drug-likeness (QED) is 0.459. The van der Waals surface area contributed by atoms with Crippen LogP contribution in [0.2, 0.25) is 0 Å². The van der Waals surface area contributed by atoms with Crippen molar-refractivity contribution in [3.63, 3.8) is 0 Å². The van der Waals surface area contributed by atoms with E-state index in [1.54, 1.807) is 26.5 Å². The van der Waals surface area contributed by atoms with Crippen molar-refractivity contribution in [1.82, 2.24) is 4.98 Å². The molecule has 1 fully saturated rings. The molecule has 1 saturated heterocycles. The largest absolute Gasteiger partial charge is 0.493 e. The number of piperidine rings is 1. The van der Waals surface area contributed by atoms with Gasteiger partial charge in [-0.25, -0.2) is 4.98 Å². The number of para-hydroxylation sites is 1. The number of ether oxygens (including phenoxy) is 2. The number of pyridine rings is 1. The van der Waals surface area contributed by atoms with Gasteiger partial charge in [-0.2, -0.15) is 0 Å². The smallest absolute Gasteiger partial charge is 0.311 e. The second-order valence-corrected chi connectivity index (χ2v) is 6.20. The second kappa shape index (κ2) is 8.91. The lowest BCUT2D eigenvalue weighted by atomic mass is 10.0. The van der Waals surface area contributed by atoms with Crippen molar-refractivity contribution >= 4 is 11.5 Å². The topological polar surface area (TPSA) is 77.7 Å². The number of nitrogens with zero attached hydrogens (tertiary/aromatic N) is 3. The van der Waals surface area contributed by atoms with Gasteiger partial charge in [0.2, 0.25) is 5.82 Å². The molecule has 3 rings (SSSR count). The molecule has 0 bridgehead atoms. The van der Waals surface area contributed by atoms with E-state index in [9.17, 15) is 10.1 Å². The maximum atomic E-state index is 11.2. The molecule has 7 heteroatoms. The van der Waals surface area contributed by atoms with Crippen LogP contribution in [-0.4, -0.2) is 37.2 Å². The number of anilines is 1. The van der Waals surface area contributed by atoms with Crippen LogP contribution in [0.1, 0.15) is 18.4 Å². The Morgan fingerprint density at radius 3 is 2.64 bits per heavy atom. The van der Waals surface area contributed by atoms with Gasteiger partial charge in [0.05, 0.1) is 24.7 Å². The first-order valence-electron chi connectivity index (χ1n) is 8.89. The number of hydrogen-bond acceptors (Lipinski definition) is 6. The number of nitro groups is 1. The second-order valence-electron chi connectivity index (χ2n) is 6.20. The third-order valence-electron chi connectivity index (χ3n) is 4.55. The Bertz CT molecular complexity index is 950. The summed E-state index contributed by atoms with van der Waals surface area (Å²) < 4.78 is 10.7. The van der Waals surface area contributed by atoms with Crippen molar-refractivity contribution in [3.05, 3.63) is 63.9 Å². The van der Waals surface area contributed by atoms with Crippen molar-refractivity contribution in [3.8, 4) is 23.3 Å². The predicted molar refractivity (Wildman–Crippen MR) is 107 cm³/mol. The van der Waals surface area contributed by atoms with Crippen LogP contribution in [0.25, 0.3) is 0 Å². The summed E-state index contributed by atoms with van der Waals surface area (Å²) in [6.45, 7) is 1.35. The van der Waals surface area contributed by atoms with Crippen LogP contribution in [-0.2, 0) is 0 Å². The molecule has 0 radical (unpaired) electrons. The standard InChI is InChI=1S/C21H21N3O4/c1-27-19-10-4-8-17(20(19)28-2)7-3-6-16-11-14-23(15-12-16)21-18(24(25)26)9-5-13-22-21/h4-6,8-10,13H,11-12,14-15H2,1-2H3. The fourth-order valence-corrected chi connectivity index (χ4v) is 3.13. The van der Waals surface area contributed by atoms with Gasteiger partial charge in [0, 0.05) is 25.4 Å². The molecule has 1 aromatic carbocycles. The number of methoxy groups -OCH3 is 2. The van der Waals surface area contributed by atoms with Gasteiger partial charge < -0.3 is 14.4 Å². The Balaban J connectivity index is 1.70. The van der Waals surface area contributed by atoms with Crippen LogP contribution in [0.5, 0.6) is 11.5 Å². The van der Waals surface area contributed by atoms with Crippen molar-refractivity contribution in [2.24, 2.45) is 0 Å². The molecule has 1 aliphatic rings. The zero-order valence-corrected chi connectivity index (χ0v) is 15.8. The van der Waals surface area contributed by atoms with Gasteiger partial charge in [-0.3, -0.25) is 10.1 Å². The molecule has 1 aliphatic heterocycles. The highest BCUT2D eigenvalue weighted by atomic mass is 16.6. The minimum absolute atomic E-state index is 0.0415. The van der Waals surface area contributed by atoms with Crippen molar-refractivity contribution in [2.45, 2.75) is 12.8 Å². The van der Waals surface area contributed by atoms with Gasteiger partial charge in [0.15, 0.2) is 11.5 Å². The fourth-order valence-electron chi connectivity index (χ4n) is 3.13. The van der Waals surface area contributed by atoms with E-state index in [1.165, 1.54) is 11.6 Å². The van der Waals surface area contributed by atoms with Crippen LogP contribution >= 0.6 is 0 Å². The lowest BCUT2D eigenvalue weighted by molar-refractivity contribution is -0.384. The highest BCUT2D eigenvalue weighted by molar-refractivity contribution is 5.58. The Kier molecular flexibility index (Phi) is 6.12. The average molecular weight is 379 g/mol. The summed E-state index contributed by atoms with van der Waals surface area (Å²) in [6, 6.07) is 8.65. The van der Waals surface area contributed by atoms with E-state index in [0.29, 0.717) is 30.4 Å². The van der Waals surface area contributed by atoms with Crippen LogP contribution in [0.3, 0.4) is 0 Å². The predicted octanol–water partition coefficient (Wildman–Crippen LogP) is 3.59. The first-order chi connectivity index (χ1) is 13.6. The molecule has 144 valence electrons. The lowest BCUT2D eigenvalue weighted by Gasteiger charge is -2.28. The van der Waals surface area contributed by atoms with E-state index in [2.05, 4.69) is 16.8 Å². The minimum atomic E-state index is -0.388. The molecule has 0 atom stereocenters. The fraction of sp³-hybridized carbons (Fsp3) is 0.286. The third-order valence-corrected chi connectivity index (χ3v) is 4.55. The van der Waals surface area contributed by atoms with E-state index in [0.717, 1.165) is 18.4 Å². The maximum Gasteiger partial charge on any atom is 0.311 e. The molecular formula is C21H21N3O4. The highest BCUT2D eigenvalue weighted by Crippen LogP contribution is 2.30. The van der Waals surface area contributed by atoms with Crippen molar-refractivity contribution in [2.75, 3.05) is 32.2 Å². The van der Waals surface area contributed by atoms with Crippen molar-refractivity contribution < 1.29 is 14.4 Å². The first-order valence-corrected chi connectivity index (χ1v) is 8.89. The Hall–Kier alpha value is -3.53.